The van der Waals surface area contributed by atoms with Crippen molar-refractivity contribution in [2.45, 2.75) is 124 Å². The molecule has 1 aromatic heterocycles. The second-order valence-electron chi connectivity index (χ2n) is 16.2. The molecule has 2 heterocycles. The summed E-state index contributed by atoms with van der Waals surface area (Å²) >= 11 is 1.45. The number of benzene rings is 1. The van der Waals surface area contributed by atoms with E-state index >= 15 is 0 Å². The second-order valence-corrected chi connectivity index (χ2v) is 17.2. The highest BCUT2D eigenvalue weighted by Gasteiger charge is 2.44. The zero-order valence-electron chi connectivity index (χ0n) is 35.4. The number of likely N-dealkylation sites (tertiary alicyclic amines) is 1. The van der Waals surface area contributed by atoms with Crippen molar-refractivity contribution in [2.75, 3.05) is 34.7 Å². The molecule has 3 rings (SSSR count). The van der Waals surface area contributed by atoms with E-state index in [0.29, 0.717) is 45.2 Å². The van der Waals surface area contributed by atoms with Crippen LogP contribution < -0.4 is 5.32 Å². The van der Waals surface area contributed by atoms with E-state index < -0.39 is 42.0 Å². The van der Waals surface area contributed by atoms with Gasteiger partial charge >= 0.3 is 0 Å². The standard InChI is InChI=1S/C42H65N7O6S/c1-12-17-35(50)47(10)37(29(6)7)42(55)49-22-16-20-32(49)40(53)46(9)33(25-30-18-14-13-15-19-30)38(51)44-31(24-27(2)3)39(52)48(11)36(28(4)5)41(54)45(8)26-34-43-21-23-56-34/h13-15,18-19,21,23,27-29,31-33,36-37H,12,16-17,20,22,24-26H2,1-11H3,(H,44,51). The molecule has 1 aliphatic heterocycles. The Morgan fingerprint density at radius 2 is 1.52 bits per heavy atom. The summed E-state index contributed by atoms with van der Waals surface area (Å²) < 4.78 is 0. The van der Waals surface area contributed by atoms with Gasteiger partial charge in [0.25, 0.3) is 0 Å². The molecule has 56 heavy (non-hydrogen) atoms. The topological polar surface area (TPSA) is 144 Å². The van der Waals surface area contributed by atoms with E-state index in [-0.39, 0.29) is 47.8 Å². The number of likely N-dealkylation sites (N-methyl/N-ethyl adjacent to an activating group) is 4. The molecule has 14 heteroatoms. The van der Waals surface area contributed by atoms with Crippen LogP contribution in [0.2, 0.25) is 0 Å². The fourth-order valence-corrected chi connectivity index (χ4v) is 8.28. The molecular formula is C42H65N7O6S. The minimum absolute atomic E-state index is 0.0136. The molecule has 0 bridgehead atoms. The molecule has 310 valence electrons. The van der Waals surface area contributed by atoms with Crippen molar-refractivity contribution >= 4 is 46.8 Å². The smallest absolute Gasteiger partial charge is 0.246 e. The van der Waals surface area contributed by atoms with Crippen molar-refractivity contribution in [1.29, 1.82) is 0 Å². The summed E-state index contributed by atoms with van der Waals surface area (Å²) in [5, 5.41) is 5.63. The van der Waals surface area contributed by atoms with Crippen molar-refractivity contribution in [2.24, 2.45) is 17.8 Å². The maximum absolute atomic E-state index is 14.5. The molecule has 2 aromatic rings. The summed E-state index contributed by atoms with van der Waals surface area (Å²) in [6.45, 7) is 14.1. The lowest BCUT2D eigenvalue weighted by Crippen LogP contribution is -2.60. The largest absolute Gasteiger partial charge is 0.342 e. The van der Waals surface area contributed by atoms with Gasteiger partial charge in [-0.2, -0.15) is 0 Å². The maximum Gasteiger partial charge on any atom is 0.246 e. The predicted molar refractivity (Wildman–Crippen MR) is 219 cm³/mol. The third-order valence-corrected chi connectivity index (χ3v) is 11.3. The van der Waals surface area contributed by atoms with E-state index in [2.05, 4.69) is 10.3 Å². The first-order valence-corrected chi connectivity index (χ1v) is 20.9. The summed E-state index contributed by atoms with van der Waals surface area (Å²) in [6.07, 6.45) is 4.18. The van der Waals surface area contributed by atoms with Crippen LogP contribution in [0.4, 0.5) is 0 Å². The van der Waals surface area contributed by atoms with Gasteiger partial charge in [0.15, 0.2) is 0 Å². The van der Waals surface area contributed by atoms with Crippen LogP contribution in [-0.2, 0) is 41.7 Å². The molecular weight excluding hydrogens is 731 g/mol. The lowest BCUT2D eigenvalue weighted by atomic mass is 9.97. The number of nitrogens with one attached hydrogen (secondary N) is 1. The monoisotopic (exact) mass is 795 g/mol. The number of thiazole rings is 1. The van der Waals surface area contributed by atoms with Gasteiger partial charge in [-0.15, -0.1) is 11.3 Å². The summed E-state index contributed by atoms with van der Waals surface area (Å²) in [5.41, 5.74) is 0.820. The molecule has 0 aliphatic carbocycles. The van der Waals surface area contributed by atoms with E-state index in [1.165, 1.54) is 26.0 Å². The second kappa shape index (κ2) is 21.3. The van der Waals surface area contributed by atoms with Gasteiger partial charge < -0.3 is 29.8 Å². The first-order chi connectivity index (χ1) is 26.4. The quantitative estimate of drug-likeness (QED) is 0.221. The number of rotatable bonds is 19. The molecule has 1 fully saturated rings. The molecule has 1 N–H and O–H groups in total. The summed E-state index contributed by atoms with van der Waals surface area (Å²) in [5.74, 6) is -2.32. The maximum atomic E-state index is 14.5. The molecule has 1 saturated heterocycles. The minimum Gasteiger partial charge on any atom is -0.342 e. The zero-order chi connectivity index (χ0) is 41.9. The Balaban J connectivity index is 1.91. The summed E-state index contributed by atoms with van der Waals surface area (Å²) in [4.78, 5) is 96.0. The van der Waals surface area contributed by atoms with Crippen molar-refractivity contribution < 1.29 is 28.8 Å². The van der Waals surface area contributed by atoms with Gasteiger partial charge in [0.1, 0.15) is 35.2 Å². The van der Waals surface area contributed by atoms with Crippen molar-refractivity contribution in [3.8, 4) is 0 Å². The van der Waals surface area contributed by atoms with Crippen LogP contribution in [-0.4, -0.2) is 130 Å². The third kappa shape index (κ3) is 11.8. The van der Waals surface area contributed by atoms with E-state index in [1.54, 1.807) is 44.2 Å². The van der Waals surface area contributed by atoms with E-state index in [9.17, 15) is 28.8 Å². The average Bonchev–Trinajstić information content (AvgIpc) is 3.85. The van der Waals surface area contributed by atoms with Crippen LogP contribution in [0.5, 0.6) is 0 Å². The fraction of sp³-hybridized carbons (Fsp3) is 0.643. The van der Waals surface area contributed by atoms with Gasteiger partial charge in [-0.25, -0.2) is 4.98 Å². The van der Waals surface area contributed by atoms with Crippen LogP contribution in [0, 0.1) is 17.8 Å². The van der Waals surface area contributed by atoms with Crippen molar-refractivity contribution in [3.63, 3.8) is 0 Å². The number of carbonyl (C=O) groups is 6. The van der Waals surface area contributed by atoms with Crippen molar-refractivity contribution in [1.82, 2.24) is 34.8 Å². The van der Waals surface area contributed by atoms with Gasteiger partial charge in [-0.05, 0) is 49.0 Å². The van der Waals surface area contributed by atoms with Crippen LogP contribution in [0.1, 0.15) is 91.1 Å². The van der Waals surface area contributed by atoms with Crippen LogP contribution in [0.3, 0.4) is 0 Å². The van der Waals surface area contributed by atoms with Crippen LogP contribution in [0.15, 0.2) is 41.9 Å². The normalized spacial score (nSPS) is 16.3. The predicted octanol–water partition coefficient (Wildman–Crippen LogP) is 4.46. The Bertz CT molecular complexity index is 1620. The number of amides is 6. The first kappa shape index (κ1) is 46.1. The van der Waals surface area contributed by atoms with Crippen molar-refractivity contribution in [3.05, 3.63) is 52.5 Å². The summed E-state index contributed by atoms with van der Waals surface area (Å²) in [7, 11) is 6.51. The number of hydrogen-bond acceptors (Lipinski definition) is 8. The number of nitrogens with zero attached hydrogens (tertiary/aromatic N) is 6. The molecule has 0 radical (unpaired) electrons. The molecule has 1 aliphatic rings. The SMILES string of the molecule is CCCC(=O)N(C)C(C(=O)N1CCCC1C(=O)N(C)C(Cc1ccccc1)C(=O)NC(CC(C)C)C(=O)N(C)C(C(=O)N(C)Cc1nccs1)C(C)C)C(C)C. The lowest BCUT2D eigenvalue weighted by molar-refractivity contribution is -0.152. The lowest BCUT2D eigenvalue weighted by Gasteiger charge is -2.38. The fourth-order valence-electron chi connectivity index (χ4n) is 7.61. The highest BCUT2D eigenvalue weighted by molar-refractivity contribution is 7.09. The van der Waals surface area contributed by atoms with Gasteiger partial charge in [0.2, 0.25) is 35.4 Å². The Morgan fingerprint density at radius 1 is 0.875 bits per heavy atom. The number of hydrogen-bond donors (Lipinski definition) is 1. The average molecular weight is 796 g/mol. The van der Waals surface area contributed by atoms with Gasteiger partial charge in [0.05, 0.1) is 6.54 Å². The Hall–Kier alpha value is -4.33. The van der Waals surface area contributed by atoms with Gasteiger partial charge in [-0.3, -0.25) is 28.8 Å². The Labute approximate surface area is 338 Å². The minimum atomic E-state index is -1.02. The molecule has 6 amide bonds. The molecule has 13 nitrogen and oxygen atoms in total. The third-order valence-electron chi connectivity index (χ3n) is 10.6. The highest BCUT2D eigenvalue weighted by Crippen LogP contribution is 2.26. The van der Waals surface area contributed by atoms with Crippen LogP contribution in [0.25, 0.3) is 0 Å². The summed E-state index contributed by atoms with van der Waals surface area (Å²) in [6, 6.07) is 5.03. The number of aromatic nitrogens is 1. The van der Waals surface area contributed by atoms with Gasteiger partial charge in [0, 0.05) is 59.2 Å². The molecule has 1 aromatic carbocycles. The Kier molecular flexibility index (Phi) is 17.5. The molecule has 5 unspecified atom stereocenters. The molecule has 5 atom stereocenters. The van der Waals surface area contributed by atoms with E-state index in [4.69, 9.17) is 0 Å². The van der Waals surface area contributed by atoms with Gasteiger partial charge in [-0.1, -0.05) is 78.8 Å². The van der Waals surface area contributed by atoms with E-state index in [0.717, 1.165) is 10.6 Å². The zero-order valence-corrected chi connectivity index (χ0v) is 36.2. The molecule has 0 saturated carbocycles. The van der Waals surface area contributed by atoms with E-state index in [1.807, 2.05) is 84.2 Å². The molecule has 0 spiro atoms. The van der Waals surface area contributed by atoms with Crippen LogP contribution >= 0.6 is 11.3 Å². The highest BCUT2D eigenvalue weighted by atomic mass is 32.1. The Morgan fingerprint density at radius 3 is 2.07 bits per heavy atom. The number of carbonyl (C=O) groups excluding carboxylic acids is 6. The first-order valence-electron chi connectivity index (χ1n) is 20.0.